The highest BCUT2D eigenvalue weighted by Crippen LogP contribution is 2.19. The smallest absolute Gasteiger partial charge is 0.338 e. The number of primary sulfonamides is 1. The van der Waals surface area contributed by atoms with E-state index in [2.05, 4.69) is 0 Å². The zero-order chi connectivity index (χ0) is 20.9. The Hall–Kier alpha value is -2.91. The average Bonchev–Trinajstić information content (AvgIpc) is 2.65. The van der Waals surface area contributed by atoms with Crippen LogP contribution in [0.1, 0.15) is 21.5 Å². The fourth-order valence-corrected chi connectivity index (χ4v) is 3.03. The molecule has 0 unspecified atom stereocenters. The van der Waals surface area contributed by atoms with Crippen LogP contribution < -0.4 is 9.88 Å². The van der Waals surface area contributed by atoms with Crippen molar-refractivity contribution in [3.8, 4) is 5.75 Å². The minimum atomic E-state index is -3.96. The van der Waals surface area contributed by atoms with Gasteiger partial charge in [0, 0.05) is 19.2 Å². The van der Waals surface area contributed by atoms with Crippen molar-refractivity contribution in [1.29, 1.82) is 0 Å². The molecule has 1 amide bonds. The van der Waals surface area contributed by atoms with Crippen LogP contribution in [0.5, 0.6) is 5.75 Å². The summed E-state index contributed by atoms with van der Waals surface area (Å²) in [5.74, 6) is -0.573. The van der Waals surface area contributed by atoms with Gasteiger partial charge in [-0.3, -0.25) is 4.79 Å². The molecule has 0 aliphatic carbocycles. The van der Waals surface area contributed by atoms with Gasteiger partial charge in [-0.15, -0.1) is 0 Å². The van der Waals surface area contributed by atoms with Crippen molar-refractivity contribution in [2.75, 3.05) is 20.8 Å². The quantitative estimate of drug-likeness (QED) is 0.696. The first kappa shape index (κ1) is 21.4. The first-order valence-corrected chi connectivity index (χ1v) is 9.84. The average molecular weight is 406 g/mol. The van der Waals surface area contributed by atoms with Gasteiger partial charge in [-0.1, -0.05) is 24.3 Å². The molecule has 0 atom stereocenters. The molecule has 2 aromatic rings. The van der Waals surface area contributed by atoms with Crippen LogP contribution in [-0.2, 0) is 26.1 Å². The van der Waals surface area contributed by atoms with Crippen molar-refractivity contribution in [3.63, 3.8) is 0 Å². The third kappa shape index (κ3) is 5.30. The molecule has 28 heavy (non-hydrogen) atoms. The Bertz CT molecular complexity index is 988. The number of hydrogen-bond donors (Lipinski definition) is 1. The highest BCUT2D eigenvalue weighted by Gasteiger charge is 2.18. The van der Waals surface area contributed by atoms with Gasteiger partial charge in [0.1, 0.15) is 5.75 Å². The monoisotopic (exact) mass is 406 g/mol. The molecule has 2 rings (SSSR count). The maximum absolute atomic E-state index is 12.3. The lowest BCUT2D eigenvalue weighted by Crippen LogP contribution is -2.31. The van der Waals surface area contributed by atoms with Crippen LogP contribution in [-0.4, -0.2) is 46.0 Å². The standard InChI is InChI=1S/C19H22N2O6S/c1-13-8-9-15(28(20,24)25)10-16(13)19(23)27-12-18(22)21(2)11-14-6-4-5-7-17(14)26-3/h4-10H,11-12H2,1-3H3,(H2,20,24,25). The summed E-state index contributed by atoms with van der Waals surface area (Å²) < 4.78 is 33.2. The lowest BCUT2D eigenvalue weighted by Gasteiger charge is -2.19. The first-order valence-electron chi connectivity index (χ1n) is 8.30. The van der Waals surface area contributed by atoms with E-state index in [1.165, 1.54) is 17.0 Å². The van der Waals surface area contributed by atoms with Crippen LogP contribution >= 0.6 is 0 Å². The lowest BCUT2D eigenvalue weighted by molar-refractivity contribution is -0.133. The SMILES string of the molecule is COc1ccccc1CN(C)C(=O)COC(=O)c1cc(S(N)(=O)=O)ccc1C. The van der Waals surface area contributed by atoms with E-state index in [-0.39, 0.29) is 17.0 Å². The Balaban J connectivity index is 2.03. The number of esters is 1. The van der Waals surface area contributed by atoms with Crippen LogP contribution in [0.2, 0.25) is 0 Å². The lowest BCUT2D eigenvalue weighted by atomic mass is 10.1. The first-order chi connectivity index (χ1) is 13.1. The van der Waals surface area contributed by atoms with Crippen LogP contribution in [0.3, 0.4) is 0 Å². The van der Waals surface area contributed by atoms with Crippen LogP contribution in [0.25, 0.3) is 0 Å². The van der Waals surface area contributed by atoms with E-state index < -0.39 is 28.5 Å². The fourth-order valence-electron chi connectivity index (χ4n) is 2.49. The molecule has 150 valence electrons. The number of rotatable bonds is 7. The molecule has 2 N–H and O–H groups in total. The topological polar surface area (TPSA) is 116 Å². The molecular formula is C19H22N2O6S. The second-order valence-corrected chi connectivity index (χ2v) is 7.72. The van der Waals surface area contributed by atoms with Crippen LogP contribution in [0.4, 0.5) is 0 Å². The molecule has 0 heterocycles. The van der Waals surface area contributed by atoms with E-state index >= 15 is 0 Å². The van der Waals surface area contributed by atoms with Crippen molar-refractivity contribution >= 4 is 21.9 Å². The molecule has 0 saturated heterocycles. The predicted octanol–water partition coefficient (Wildman–Crippen LogP) is 1.47. The number of aryl methyl sites for hydroxylation is 1. The normalized spacial score (nSPS) is 11.0. The van der Waals surface area contributed by atoms with Gasteiger partial charge in [0.05, 0.1) is 17.6 Å². The minimum Gasteiger partial charge on any atom is -0.496 e. The molecule has 0 fully saturated rings. The third-order valence-corrected chi connectivity index (χ3v) is 5.02. The number of sulfonamides is 1. The number of benzene rings is 2. The van der Waals surface area contributed by atoms with Crippen molar-refractivity contribution in [2.45, 2.75) is 18.4 Å². The van der Waals surface area contributed by atoms with Crippen molar-refractivity contribution < 1.29 is 27.5 Å². The Morgan fingerprint density at radius 2 is 1.82 bits per heavy atom. The highest BCUT2D eigenvalue weighted by atomic mass is 32.2. The molecule has 0 saturated carbocycles. The van der Waals surface area contributed by atoms with Gasteiger partial charge in [0.25, 0.3) is 5.91 Å². The molecule has 2 aromatic carbocycles. The minimum absolute atomic E-state index is 0.0340. The molecule has 0 aromatic heterocycles. The zero-order valence-corrected chi connectivity index (χ0v) is 16.7. The number of carbonyl (C=O) groups is 2. The second kappa shape index (κ2) is 8.85. The Morgan fingerprint density at radius 1 is 1.14 bits per heavy atom. The van der Waals surface area contributed by atoms with Gasteiger partial charge in [0.2, 0.25) is 10.0 Å². The van der Waals surface area contributed by atoms with E-state index in [0.29, 0.717) is 11.3 Å². The number of hydrogen-bond acceptors (Lipinski definition) is 6. The number of nitrogens with zero attached hydrogens (tertiary/aromatic N) is 1. The highest BCUT2D eigenvalue weighted by molar-refractivity contribution is 7.89. The molecule has 9 heteroatoms. The predicted molar refractivity (Wildman–Crippen MR) is 102 cm³/mol. The molecule has 0 spiro atoms. The second-order valence-electron chi connectivity index (χ2n) is 6.16. The Kier molecular flexibility index (Phi) is 6.76. The number of likely N-dealkylation sites (N-methyl/N-ethyl adjacent to an activating group) is 1. The van der Waals surface area contributed by atoms with Gasteiger partial charge in [-0.05, 0) is 30.7 Å². The maximum atomic E-state index is 12.3. The van der Waals surface area contributed by atoms with Crippen LogP contribution in [0, 0.1) is 6.92 Å². The van der Waals surface area contributed by atoms with Gasteiger partial charge < -0.3 is 14.4 Å². The molecule has 0 aliphatic heterocycles. The van der Waals surface area contributed by atoms with E-state index in [9.17, 15) is 18.0 Å². The number of nitrogens with two attached hydrogens (primary N) is 1. The van der Waals surface area contributed by atoms with Crippen molar-refractivity contribution in [1.82, 2.24) is 4.90 Å². The van der Waals surface area contributed by atoms with E-state index in [4.69, 9.17) is 14.6 Å². The molecule has 8 nitrogen and oxygen atoms in total. The summed E-state index contributed by atoms with van der Waals surface area (Å²) in [6.45, 7) is 1.42. The van der Waals surface area contributed by atoms with Gasteiger partial charge in [0.15, 0.2) is 6.61 Å². The Morgan fingerprint density at radius 3 is 2.46 bits per heavy atom. The largest absolute Gasteiger partial charge is 0.496 e. The van der Waals surface area contributed by atoms with Gasteiger partial charge in [-0.25, -0.2) is 18.4 Å². The zero-order valence-electron chi connectivity index (χ0n) is 15.8. The summed E-state index contributed by atoms with van der Waals surface area (Å²) in [5.41, 5.74) is 1.35. The summed E-state index contributed by atoms with van der Waals surface area (Å²) in [6.07, 6.45) is 0. The third-order valence-electron chi connectivity index (χ3n) is 4.11. The summed E-state index contributed by atoms with van der Waals surface area (Å²) in [4.78, 5) is 25.8. The van der Waals surface area contributed by atoms with E-state index in [0.717, 1.165) is 11.6 Å². The number of methoxy groups -OCH3 is 1. The van der Waals surface area contributed by atoms with Crippen molar-refractivity contribution in [3.05, 3.63) is 59.2 Å². The summed E-state index contributed by atoms with van der Waals surface area (Å²) in [7, 11) is -0.835. The van der Waals surface area contributed by atoms with Gasteiger partial charge >= 0.3 is 5.97 Å². The fraction of sp³-hybridized carbons (Fsp3) is 0.263. The maximum Gasteiger partial charge on any atom is 0.338 e. The molecule has 0 bridgehead atoms. The van der Waals surface area contributed by atoms with Crippen molar-refractivity contribution in [2.24, 2.45) is 5.14 Å². The van der Waals surface area contributed by atoms with Crippen LogP contribution in [0.15, 0.2) is 47.4 Å². The number of carbonyl (C=O) groups excluding carboxylic acids is 2. The Labute approximate surface area is 163 Å². The van der Waals surface area contributed by atoms with E-state index in [1.54, 1.807) is 27.1 Å². The number of para-hydroxylation sites is 1. The van der Waals surface area contributed by atoms with Gasteiger partial charge in [-0.2, -0.15) is 0 Å². The molecular weight excluding hydrogens is 384 g/mol. The molecule has 0 radical (unpaired) electrons. The molecule has 0 aliphatic rings. The van der Waals surface area contributed by atoms with E-state index in [1.807, 2.05) is 18.2 Å². The summed E-state index contributed by atoms with van der Waals surface area (Å²) in [5, 5.41) is 5.08. The summed E-state index contributed by atoms with van der Waals surface area (Å²) in [6, 6.07) is 11.2. The number of ether oxygens (including phenoxy) is 2. The summed E-state index contributed by atoms with van der Waals surface area (Å²) >= 11 is 0. The number of amides is 1.